The number of hydrogen-bond donors (Lipinski definition) is 8. The predicted molar refractivity (Wildman–Crippen MR) is 153 cm³/mol. The molecule has 14 heteroatoms. The molecule has 0 unspecified atom stereocenters. The summed E-state index contributed by atoms with van der Waals surface area (Å²) in [5, 5.41) is 31.6. The van der Waals surface area contributed by atoms with E-state index in [9.17, 15) is 39.0 Å². The fourth-order valence-corrected chi connectivity index (χ4v) is 3.97. The van der Waals surface area contributed by atoms with Crippen molar-refractivity contribution in [2.24, 2.45) is 17.6 Å². The van der Waals surface area contributed by atoms with Crippen LogP contribution >= 0.6 is 0 Å². The first-order chi connectivity index (χ1) is 19.7. The lowest BCUT2D eigenvalue weighted by atomic mass is 9.96. The number of aliphatic hydroxyl groups is 2. The van der Waals surface area contributed by atoms with Gasteiger partial charge in [-0.2, -0.15) is 0 Å². The number of nitrogens with one attached hydrogen (secondary N) is 5. The normalized spacial score (nSPS) is 15.2. The number of benzene rings is 1. The lowest BCUT2D eigenvalue weighted by Crippen LogP contribution is -2.61. The zero-order chi connectivity index (χ0) is 32.0. The molecule has 0 spiro atoms. The van der Waals surface area contributed by atoms with E-state index in [1.807, 2.05) is 0 Å². The molecule has 1 aromatic rings. The smallest absolute Gasteiger partial charge is 0.245 e. The van der Waals surface area contributed by atoms with Gasteiger partial charge in [0, 0.05) is 13.3 Å². The quantitative estimate of drug-likeness (QED) is 0.0991. The van der Waals surface area contributed by atoms with Gasteiger partial charge in [0.15, 0.2) is 0 Å². The van der Waals surface area contributed by atoms with Gasteiger partial charge in [-0.25, -0.2) is 0 Å². The van der Waals surface area contributed by atoms with E-state index in [1.165, 1.54) is 6.92 Å². The fourth-order valence-electron chi connectivity index (χ4n) is 3.97. The molecule has 1 aromatic carbocycles. The molecule has 0 bridgehead atoms. The molecule has 0 aliphatic heterocycles. The first-order valence-corrected chi connectivity index (χ1v) is 13.8. The number of primary amides is 1. The summed E-state index contributed by atoms with van der Waals surface area (Å²) >= 11 is 0. The Morgan fingerprint density at radius 1 is 0.714 bits per heavy atom. The lowest BCUT2D eigenvalue weighted by Gasteiger charge is -2.30. The van der Waals surface area contributed by atoms with E-state index in [0.29, 0.717) is 6.42 Å². The van der Waals surface area contributed by atoms with Crippen LogP contribution in [0.15, 0.2) is 30.3 Å². The summed E-state index contributed by atoms with van der Waals surface area (Å²) in [6.07, 6.45) is 0.568. The van der Waals surface area contributed by atoms with Crippen LogP contribution in [-0.4, -0.2) is 89.1 Å². The summed E-state index contributed by atoms with van der Waals surface area (Å²) in [5.74, 6) is -5.34. The Labute approximate surface area is 245 Å². The number of amides is 6. The number of hydrogen-bond acceptors (Lipinski definition) is 8. The van der Waals surface area contributed by atoms with Crippen molar-refractivity contribution in [1.82, 2.24) is 26.6 Å². The number of carbonyl (C=O) groups excluding carboxylic acids is 6. The molecule has 0 aliphatic rings. The van der Waals surface area contributed by atoms with E-state index < -0.39 is 90.7 Å². The van der Waals surface area contributed by atoms with Crippen LogP contribution in [0.25, 0.3) is 0 Å². The fraction of sp³-hybridized carbons (Fsp3) is 0.571. The first-order valence-electron chi connectivity index (χ1n) is 13.8. The summed E-state index contributed by atoms with van der Waals surface area (Å²) < 4.78 is 0. The molecule has 42 heavy (non-hydrogen) atoms. The van der Waals surface area contributed by atoms with Gasteiger partial charge in [0.2, 0.25) is 35.4 Å². The van der Waals surface area contributed by atoms with E-state index in [0.717, 1.165) is 5.56 Å². The second-order valence-electron chi connectivity index (χ2n) is 10.4. The zero-order valence-corrected chi connectivity index (χ0v) is 24.7. The Kier molecular flexibility index (Phi) is 15.2. The maximum atomic E-state index is 13.3. The number of carbonyl (C=O) groups is 6. The van der Waals surface area contributed by atoms with Crippen LogP contribution in [0, 0.1) is 11.8 Å². The molecular weight excluding hydrogens is 548 g/mol. The molecule has 0 radical (unpaired) electrons. The van der Waals surface area contributed by atoms with Crippen molar-refractivity contribution in [3.8, 4) is 0 Å². The maximum absolute atomic E-state index is 13.3. The average Bonchev–Trinajstić information content (AvgIpc) is 2.94. The SMILES string of the molecule is CC[C@H](C)[C@H](NC(=O)[C@H](CO)NC(C)=O)C(=O)N[C@H](C(=O)N[C@@H](CO)C(=O)N[C@@H](Cc1ccccc1)C(N)=O)C(C)C. The largest absolute Gasteiger partial charge is 0.394 e. The molecule has 6 atom stereocenters. The third-order valence-electron chi connectivity index (χ3n) is 6.67. The number of aliphatic hydroxyl groups excluding tert-OH is 2. The topological polar surface area (TPSA) is 229 Å². The minimum atomic E-state index is -1.46. The number of rotatable bonds is 17. The van der Waals surface area contributed by atoms with Crippen molar-refractivity contribution < 1.29 is 39.0 Å². The van der Waals surface area contributed by atoms with Gasteiger partial charge < -0.3 is 42.5 Å². The van der Waals surface area contributed by atoms with Crippen molar-refractivity contribution >= 4 is 35.4 Å². The Morgan fingerprint density at radius 3 is 1.67 bits per heavy atom. The van der Waals surface area contributed by atoms with Crippen molar-refractivity contribution in [3.63, 3.8) is 0 Å². The lowest BCUT2D eigenvalue weighted by molar-refractivity contribution is -0.136. The second kappa shape index (κ2) is 17.7. The van der Waals surface area contributed by atoms with Crippen molar-refractivity contribution in [2.45, 2.75) is 77.7 Å². The summed E-state index contributed by atoms with van der Waals surface area (Å²) in [5.41, 5.74) is 6.19. The van der Waals surface area contributed by atoms with Crippen LogP contribution in [0.5, 0.6) is 0 Å². The van der Waals surface area contributed by atoms with E-state index in [2.05, 4.69) is 26.6 Å². The van der Waals surface area contributed by atoms with E-state index in [4.69, 9.17) is 5.73 Å². The standard InChI is InChI=1S/C28H44N6O8/c1-6-16(4)23(34-26(40)20(13-35)30-17(5)37)28(42)33-22(15(2)3)27(41)32-21(14-36)25(39)31-19(24(29)38)12-18-10-8-7-9-11-18/h7-11,15-16,19-23,35-36H,6,12-14H2,1-5H3,(H2,29,38)(H,30,37)(H,31,39)(H,32,41)(H,33,42)(H,34,40)/t16-,19-,20-,21-,22-,23-/m0/s1. The minimum Gasteiger partial charge on any atom is -0.394 e. The van der Waals surface area contributed by atoms with E-state index in [-0.39, 0.29) is 6.42 Å². The van der Waals surface area contributed by atoms with Gasteiger partial charge in [-0.3, -0.25) is 28.8 Å². The van der Waals surface area contributed by atoms with Crippen LogP contribution < -0.4 is 32.3 Å². The molecule has 0 aromatic heterocycles. The predicted octanol–water partition coefficient (Wildman–Crippen LogP) is -2.15. The highest BCUT2D eigenvalue weighted by Gasteiger charge is 2.34. The van der Waals surface area contributed by atoms with Gasteiger partial charge in [-0.15, -0.1) is 0 Å². The van der Waals surface area contributed by atoms with Crippen LogP contribution in [0.1, 0.15) is 46.6 Å². The molecule has 0 fully saturated rings. The first kappa shape index (κ1) is 36.0. The molecule has 0 heterocycles. The Hall–Kier alpha value is -4.04. The highest BCUT2D eigenvalue weighted by Crippen LogP contribution is 2.11. The highest BCUT2D eigenvalue weighted by molar-refractivity contribution is 5.96. The third-order valence-corrected chi connectivity index (χ3v) is 6.67. The molecule has 234 valence electrons. The highest BCUT2D eigenvalue weighted by atomic mass is 16.3. The monoisotopic (exact) mass is 592 g/mol. The minimum absolute atomic E-state index is 0.0977. The van der Waals surface area contributed by atoms with Gasteiger partial charge in [0.05, 0.1) is 13.2 Å². The average molecular weight is 593 g/mol. The van der Waals surface area contributed by atoms with Crippen LogP contribution in [0.4, 0.5) is 0 Å². The molecule has 6 amide bonds. The van der Waals surface area contributed by atoms with E-state index in [1.54, 1.807) is 58.0 Å². The molecule has 0 saturated heterocycles. The maximum Gasteiger partial charge on any atom is 0.245 e. The molecule has 0 saturated carbocycles. The van der Waals surface area contributed by atoms with Gasteiger partial charge in [0.25, 0.3) is 0 Å². The summed E-state index contributed by atoms with van der Waals surface area (Å²) in [4.78, 5) is 75.3. The zero-order valence-electron chi connectivity index (χ0n) is 24.7. The van der Waals surface area contributed by atoms with Crippen LogP contribution in [-0.2, 0) is 35.2 Å². The summed E-state index contributed by atoms with van der Waals surface area (Å²) in [6, 6.07) is 2.68. The van der Waals surface area contributed by atoms with Gasteiger partial charge >= 0.3 is 0 Å². The van der Waals surface area contributed by atoms with Gasteiger partial charge in [0.1, 0.15) is 30.2 Å². The molecular formula is C28H44N6O8. The van der Waals surface area contributed by atoms with Crippen LogP contribution in [0.2, 0.25) is 0 Å². The Bertz CT molecular complexity index is 1080. The summed E-state index contributed by atoms with van der Waals surface area (Å²) in [7, 11) is 0. The van der Waals surface area contributed by atoms with E-state index >= 15 is 0 Å². The second-order valence-corrected chi connectivity index (χ2v) is 10.4. The van der Waals surface area contributed by atoms with Crippen molar-refractivity contribution in [2.75, 3.05) is 13.2 Å². The number of nitrogens with two attached hydrogens (primary N) is 1. The molecule has 14 nitrogen and oxygen atoms in total. The van der Waals surface area contributed by atoms with Gasteiger partial charge in [-0.1, -0.05) is 64.4 Å². The van der Waals surface area contributed by atoms with Crippen molar-refractivity contribution in [3.05, 3.63) is 35.9 Å². The Morgan fingerprint density at radius 2 is 1.19 bits per heavy atom. The molecule has 0 aliphatic carbocycles. The molecule has 9 N–H and O–H groups in total. The van der Waals surface area contributed by atoms with Crippen molar-refractivity contribution in [1.29, 1.82) is 0 Å². The third kappa shape index (κ3) is 11.4. The van der Waals surface area contributed by atoms with Gasteiger partial charge in [-0.05, 0) is 17.4 Å². The van der Waals surface area contributed by atoms with Crippen LogP contribution in [0.3, 0.4) is 0 Å². The Balaban J connectivity index is 3.01. The summed E-state index contributed by atoms with van der Waals surface area (Å²) in [6.45, 7) is 6.49. The molecule has 1 rings (SSSR count).